The van der Waals surface area contributed by atoms with Crippen molar-refractivity contribution in [2.24, 2.45) is 11.7 Å². The van der Waals surface area contributed by atoms with Gasteiger partial charge in [0, 0.05) is 26.2 Å². The summed E-state index contributed by atoms with van der Waals surface area (Å²) >= 11 is 0. The molecule has 2 atom stereocenters. The maximum Gasteiger partial charge on any atom is 0.0569 e. The van der Waals surface area contributed by atoms with Crippen molar-refractivity contribution in [3.8, 4) is 0 Å². The standard InChI is InChI=1S/C14H24N4/c1-11(15)14-5-4-13(8-16-14)18(3)10-12-6-7-17(2)9-12/h4-5,8,11-12H,6-7,9-10,15H2,1-3H3/t11-,12?/m0/s1. The topological polar surface area (TPSA) is 45.4 Å². The number of likely N-dealkylation sites (tertiary alicyclic amines) is 1. The number of nitrogens with two attached hydrogens (primary N) is 1. The van der Waals surface area contributed by atoms with Gasteiger partial charge in [0.25, 0.3) is 0 Å². The molecule has 2 rings (SSSR count). The molecule has 2 heterocycles. The summed E-state index contributed by atoms with van der Waals surface area (Å²) in [4.78, 5) is 9.10. The van der Waals surface area contributed by atoms with E-state index >= 15 is 0 Å². The van der Waals surface area contributed by atoms with Gasteiger partial charge in [-0.05, 0) is 45.0 Å². The van der Waals surface area contributed by atoms with Gasteiger partial charge in [0.1, 0.15) is 0 Å². The SMILES string of the molecule is C[C@H](N)c1ccc(N(C)CC2CCN(C)C2)cn1. The minimum Gasteiger partial charge on any atom is -0.373 e. The van der Waals surface area contributed by atoms with Crippen molar-refractivity contribution in [2.75, 3.05) is 38.6 Å². The Labute approximate surface area is 110 Å². The zero-order chi connectivity index (χ0) is 13.1. The number of aromatic nitrogens is 1. The van der Waals surface area contributed by atoms with E-state index in [9.17, 15) is 0 Å². The van der Waals surface area contributed by atoms with Crippen molar-refractivity contribution in [3.63, 3.8) is 0 Å². The van der Waals surface area contributed by atoms with Gasteiger partial charge in [0.15, 0.2) is 0 Å². The summed E-state index contributed by atoms with van der Waals surface area (Å²) in [5, 5.41) is 0. The maximum absolute atomic E-state index is 5.81. The van der Waals surface area contributed by atoms with Crippen LogP contribution in [0.4, 0.5) is 5.69 Å². The van der Waals surface area contributed by atoms with Crippen molar-refractivity contribution >= 4 is 5.69 Å². The third kappa shape index (κ3) is 3.21. The smallest absolute Gasteiger partial charge is 0.0569 e. The molecular formula is C14H24N4. The van der Waals surface area contributed by atoms with Gasteiger partial charge in [-0.15, -0.1) is 0 Å². The Hall–Kier alpha value is -1.13. The molecule has 1 aromatic heterocycles. The lowest BCUT2D eigenvalue weighted by molar-refractivity contribution is 0.396. The molecule has 1 aliphatic heterocycles. The van der Waals surface area contributed by atoms with Crippen LogP contribution in [0, 0.1) is 5.92 Å². The summed E-state index contributed by atoms with van der Waals surface area (Å²) in [6.45, 7) is 5.49. The number of anilines is 1. The van der Waals surface area contributed by atoms with E-state index in [2.05, 4.69) is 34.9 Å². The zero-order valence-corrected chi connectivity index (χ0v) is 11.6. The first-order valence-electron chi connectivity index (χ1n) is 6.67. The molecule has 1 fully saturated rings. The summed E-state index contributed by atoms with van der Waals surface area (Å²) in [6.07, 6.45) is 3.23. The van der Waals surface area contributed by atoms with Gasteiger partial charge in [-0.1, -0.05) is 0 Å². The van der Waals surface area contributed by atoms with Crippen molar-refractivity contribution in [2.45, 2.75) is 19.4 Å². The summed E-state index contributed by atoms with van der Waals surface area (Å²) < 4.78 is 0. The number of nitrogens with zero attached hydrogens (tertiary/aromatic N) is 3. The van der Waals surface area contributed by atoms with Gasteiger partial charge in [0.05, 0.1) is 17.6 Å². The molecule has 0 aliphatic carbocycles. The minimum atomic E-state index is 0.00726. The normalized spacial score (nSPS) is 22.1. The highest BCUT2D eigenvalue weighted by atomic mass is 15.2. The molecule has 0 amide bonds. The van der Waals surface area contributed by atoms with Crippen LogP contribution in [0.3, 0.4) is 0 Å². The Morgan fingerprint density at radius 1 is 1.56 bits per heavy atom. The highest BCUT2D eigenvalue weighted by Gasteiger charge is 2.20. The fraction of sp³-hybridized carbons (Fsp3) is 0.643. The van der Waals surface area contributed by atoms with E-state index in [-0.39, 0.29) is 6.04 Å². The first-order valence-corrected chi connectivity index (χ1v) is 6.67. The first kappa shape index (κ1) is 13.3. The molecular weight excluding hydrogens is 224 g/mol. The zero-order valence-electron chi connectivity index (χ0n) is 11.6. The van der Waals surface area contributed by atoms with E-state index < -0.39 is 0 Å². The van der Waals surface area contributed by atoms with Gasteiger partial charge < -0.3 is 15.5 Å². The third-order valence-corrected chi connectivity index (χ3v) is 3.70. The van der Waals surface area contributed by atoms with E-state index in [1.807, 2.05) is 19.2 Å². The molecule has 1 saturated heterocycles. The summed E-state index contributed by atoms with van der Waals surface area (Å²) in [6, 6.07) is 4.15. The van der Waals surface area contributed by atoms with Crippen molar-refractivity contribution in [3.05, 3.63) is 24.0 Å². The predicted molar refractivity (Wildman–Crippen MR) is 75.7 cm³/mol. The molecule has 100 valence electrons. The highest BCUT2D eigenvalue weighted by molar-refractivity contribution is 5.43. The molecule has 2 N–H and O–H groups in total. The van der Waals surface area contributed by atoms with Crippen LogP contribution >= 0.6 is 0 Å². The van der Waals surface area contributed by atoms with Crippen LogP contribution in [0.1, 0.15) is 25.1 Å². The van der Waals surface area contributed by atoms with Crippen LogP contribution in [0.25, 0.3) is 0 Å². The molecule has 1 aromatic rings. The second-order valence-electron chi connectivity index (χ2n) is 5.53. The van der Waals surface area contributed by atoms with Gasteiger partial charge in [-0.2, -0.15) is 0 Å². The highest BCUT2D eigenvalue weighted by Crippen LogP contribution is 2.19. The Bertz CT molecular complexity index is 374. The lowest BCUT2D eigenvalue weighted by atomic mass is 10.1. The van der Waals surface area contributed by atoms with Gasteiger partial charge in [-0.3, -0.25) is 4.98 Å². The molecule has 0 aromatic carbocycles. The summed E-state index contributed by atoms with van der Waals surface area (Å²) in [5.74, 6) is 0.771. The van der Waals surface area contributed by atoms with Crippen LogP contribution in [-0.4, -0.2) is 43.6 Å². The molecule has 0 radical (unpaired) electrons. The largest absolute Gasteiger partial charge is 0.373 e. The van der Waals surface area contributed by atoms with E-state index in [4.69, 9.17) is 5.73 Å². The molecule has 0 saturated carbocycles. The second kappa shape index (κ2) is 5.67. The molecule has 1 aliphatic rings. The number of hydrogen-bond donors (Lipinski definition) is 1. The average molecular weight is 248 g/mol. The molecule has 18 heavy (non-hydrogen) atoms. The fourth-order valence-corrected chi connectivity index (χ4v) is 2.56. The average Bonchev–Trinajstić information content (AvgIpc) is 2.75. The molecule has 4 nitrogen and oxygen atoms in total. The van der Waals surface area contributed by atoms with Gasteiger partial charge in [-0.25, -0.2) is 0 Å². The van der Waals surface area contributed by atoms with Crippen molar-refractivity contribution < 1.29 is 0 Å². The van der Waals surface area contributed by atoms with Crippen LogP contribution < -0.4 is 10.6 Å². The van der Waals surface area contributed by atoms with Gasteiger partial charge >= 0.3 is 0 Å². The lowest BCUT2D eigenvalue weighted by Gasteiger charge is -2.23. The number of pyridine rings is 1. The monoisotopic (exact) mass is 248 g/mol. The first-order chi connectivity index (χ1) is 8.56. The van der Waals surface area contributed by atoms with Crippen molar-refractivity contribution in [1.29, 1.82) is 0 Å². The Morgan fingerprint density at radius 2 is 2.33 bits per heavy atom. The predicted octanol–water partition coefficient (Wildman–Crippen LogP) is 1.49. The molecule has 0 bridgehead atoms. The Kier molecular flexibility index (Phi) is 4.19. The maximum atomic E-state index is 5.81. The minimum absolute atomic E-state index is 0.00726. The summed E-state index contributed by atoms with van der Waals surface area (Å²) in [5.41, 5.74) is 7.93. The molecule has 0 spiro atoms. The second-order valence-corrected chi connectivity index (χ2v) is 5.53. The molecule has 1 unspecified atom stereocenters. The molecule has 4 heteroatoms. The Balaban J connectivity index is 1.94. The van der Waals surface area contributed by atoms with Crippen LogP contribution in [-0.2, 0) is 0 Å². The van der Waals surface area contributed by atoms with Crippen LogP contribution in [0.5, 0.6) is 0 Å². The van der Waals surface area contributed by atoms with E-state index in [0.29, 0.717) is 0 Å². The van der Waals surface area contributed by atoms with E-state index in [1.165, 1.54) is 25.2 Å². The Morgan fingerprint density at radius 3 is 2.83 bits per heavy atom. The third-order valence-electron chi connectivity index (χ3n) is 3.70. The lowest BCUT2D eigenvalue weighted by Crippen LogP contribution is -2.27. The van der Waals surface area contributed by atoms with Crippen molar-refractivity contribution in [1.82, 2.24) is 9.88 Å². The fourth-order valence-electron chi connectivity index (χ4n) is 2.56. The van der Waals surface area contributed by atoms with E-state index in [1.54, 1.807) is 0 Å². The van der Waals surface area contributed by atoms with Crippen LogP contribution in [0.2, 0.25) is 0 Å². The number of hydrogen-bond acceptors (Lipinski definition) is 4. The summed E-state index contributed by atoms with van der Waals surface area (Å²) in [7, 11) is 4.33. The van der Waals surface area contributed by atoms with Gasteiger partial charge in [0.2, 0.25) is 0 Å². The number of rotatable bonds is 4. The van der Waals surface area contributed by atoms with E-state index in [0.717, 1.165) is 18.2 Å². The quantitative estimate of drug-likeness (QED) is 0.877. The van der Waals surface area contributed by atoms with Crippen LogP contribution in [0.15, 0.2) is 18.3 Å².